The van der Waals surface area contributed by atoms with Crippen molar-refractivity contribution in [2.75, 3.05) is 5.32 Å². The first kappa shape index (κ1) is 12.7. The molecule has 20 heavy (non-hydrogen) atoms. The third-order valence-electron chi connectivity index (χ3n) is 2.61. The smallest absolute Gasteiger partial charge is 0.206 e. The summed E-state index contributed by atoms with van der Waals surface area (Å²) in [5.41, 5.74) is 0.835. The van der Waals surface area contributed by atoms with Gasteiger partial charge in [-0.05, 0) is 19.1 Å². The highest BCUT2D eigenvalue weighted by Crippen LogP contribution is 2.24. The molecular weight excluding hydrogens is 274 g/mol. The number of anilines is 1. The van der Waals surface area contributed by atoms with Crippen molar-refractivity contribution >= 4 is 16.5 Å². The molecule has 0 aliphatic rings. The maximum atomic E-state index is 4.26. The van der Waals surface area contributed by atoms with Gasteiger partial charge in [0.15, 0.2) is 5.01 Å². The minimum absolute atomic E-state index is 0.182. The molecule has 3 heterocycles. The largest absolute Gasteiger partial charge is 0.356 e. The molecule has 7 nitrogen and oxygen atoms in total. The molecule has 0 aromatic carbocycles. The number of rotatable bonds is 5. The Morgan fingerprint density at radius 2 is 2.30 bits per heavy atom. The molecule has 0 bridgehead atoms. The lowest BCUT2D eigenvalue weighted by Crippen LogP contribution is -2.22. The molecule has 0 aliphatic carbocycles. The van der Waals surface area contributed by atoms with Crippen molar-refractivity contribution in [2.45, 2.75) is 19.5 Å². The minimum atomic E-state index is 0.182. The molecule has 0 spiro atoms. The zero-order valence-electron chi connectivity index (χ0n) is 10.8. The molecule has 0 aliphatic heterocycles. The molecule has 1 atom stereocenters. The Bertz CT molecular complexity index is 650. The summed E-state index contributed by atoms with van der Waals surface area (Å²) in [6, 6.07) is 5.92. The van der Waals surface area contributed by atoms with Crippen LogP contribution in [0, 0.1) is 0 Å². The van der Waals surface area contributed by atoms with E-state index >= 15 is 0 Å². The lowest BCUT2D eigenvalue weighted by molar-refractivity contribution is 0.559. The standard InChI is InChI=1S/C12H13N7S/c1-9(6-19-8-13-7-15-19)16-12-18-17-11(20-12)10-4-2-3-5-14-10/h2-5,7-9H,6H2,1H3,(H,16,18)/t9-/m0/s1. The summed E-state index contributed by atoms with van der Waals surface area (Å²) in [6.07, 6.45) is 4.96. The van der Waals surface area contributed by atoms with Crippen LogP contribution in [0.3, 0.4) is 0 Å². The van der Waals surface area contributed by atoms with Gasteiger partial charge in [0, 0.05) is 12.2 Å². The Morgan fingerprint density at radius 3 is 3.05 bits per heavy atom. The summed E-state index contributed by atoms with van der Waals surface area (Å²) in [6.45, 7) is 2.78. The van der Waals surface area contributed by atoms with E-state index in [-0.39, 0.29) is 6.04 Å². The monoisotopic (exact) mass is 287 g/mol. The van der Waals surface area contributed by atoms with Crippen LogP contribution in [0.4, 0.5) is 5.13 Å². The Morgan fingerprint density at radius 1 is 1.35 bits per heavy atom. The van der Waals surface area contributed by atoms with Gasteiger partial charge in [-0.3, -0.25) is 9.67 Å². The highest BCUT2D eigenvalue weighted by molar-refractivity contribution is 7.18. The van der Waals surface area contributed by atoms with Gasteiger partial charge in [0.05, 0.1) is 6.54 Å². The van der Waals surface area contributed by atoms with Gasteiger partial charge in [-0.15, -0.1) is 10.2 Å². The van der Waals surface area contributed by atoms with E-state index in [0.717, 1.165) is 22.4 Å². The fraction of sp³-hybridized carbons (Fsp3) is 0.250. The molecule has 3 aromatic heterocycles. The number of hydrogen-bond acceptors (Lipinski definition) is 7. The van der Waals surface area contributed by atoms with Crippen LogP contribution in [-0.2, 0) is 6.54 Å². The van der Waals surface area contributed by atoms with Crippen molar-refractivity contribution in [3.8, 4) is 10.7 Å². The van der Waals surface area contributed by atoms with Crippen molar-refractivity contribution in [1.29, 1.82) is 0 Å². The van der Waals surface area contributed by atoms with Crippen LogP contribution >= 0.6 is 11.3 Å². The van der Waals surface area contributed by atoms with Gasteiger partial charge in [0.2, 0.25) is 5.13 Å². The molecule has 8 heteroatoms. The zero-order valence-corrected chi connectivity index (χ0v) is 11.7. The van der Waals surface area contributed by atoms with E-state index in [4.69, 9.17) is 0 Å². The molecule has 3 rings (SSSR count). The Labute approximate surface area is 119 Å². The second kappa shape index (κ2) is 5.74. The molecular formula is C12H13N7S. The fourth-order valence-electron chi connectivity index (χ4n) is 1.74. The number of pyridine rings is 1. The van der Waals surface area contributed by atoms with Crippen molar-refractivity contribution in [3.05, 3.63) is 37.1 Å². The SMILES string of the molecule is C[C@@H](Cn1cncn1)Nc1nnc(-c2ccccn2)s1. The second-order valence-corrected chi connectivity index (χ2v) is 5.27. The Balaban J connectivity index is 1.65. The van der Waals surface area contributed by atoms with Crippen LogP contribution in [0.2, 0.25) is 0 Å². The summed E-state index contributed by atoms with van der Waals surface area (Å²) in [5.74, 6) is 0. The number of aromatic nitrogens is 6. The average Bonchev–Trinajstić information content (AvgIpc) is 3.11. The van der Waals surface area contributed by atoms with Gasteiger partial charge in [0.1, 0.15) is 18.3 Å². The quantitative estimate of drug-likeness (QED) is 0.769. The maximum Gasteiger partial charge on any atom is 0.206 e. The normalized spacial score (nSPS) is 12.2. The van der Waals surface area contributed by atoms with E-state index in [1.807, 2.05) is 18.2 Å². The van der Waals surface area contributed by atoms with Crippen LogP contribution in [-0.4, -0.2) is 36.0 Å². The first-order valence-electron chi connectivity index (χ1n) is 6.15. The minimum Gasteiger partial charge on any atom is -0.356 e. The second-order valence-electron chi connectivity index (χ2n) is 4.29. The predicted molar refractivity (Wildman–Crippen MR) is 76.2 cm³/mol. The molecule has 3 aromatic rings. The molecule has 102 valence electrons. The van der Waals surface area contributed by atoms with Crippen molar-refractivity contribution < 1.29 is 0 Å². The van der Waals surface area contributed by atoms with E-state index in [1.165, 1.54) is 17.7 Å². The fourth-order valence-corrected chi connectivity index (χ4v) is 2.57. The van der Waals surface area contributed by atoms with Gasteiger partial charge >= 0.3 is 0 Å². The van der Waals surface area contributed by atoms with Crippen LogP contribution < -0.4 is 5.32 Å². The van der Waals surface area contributed by atoms with E-state index < -0.39 is 0 Å². The molecule has 0 radical (unpaired) electrons. The van der Waals surface area contributed by atoms with Crippen LogP contribution in [0.1, 0.15) is 6.92 Å². The van der Waals surface area contributed by atoms with Crippen LogP contribution in [0.5, 0.6) is 0 Å². The number of hydrogen-bond donors (Lipinski definition) is 1. The van der Waals surface area contributed by atoms with E-state index in [1.54, 1.807) is 17.2 Å². The predicted octanol–water partition coefficient (Wildman–Crippen LogP) is 1.69. The summed E-state index contributed by atoms with van der Waals surface area (Å²) >= 11 is 1.49. The summed E-state index contributed by atoms with van der Waals surface area (Å²) in [5, 5.41) is 17.2. The van der Waals surface area contributed by atoms with E-state index in [9.17, 15) is 0 Å². The van der Waals surface area contributed by atoms with Gasteiger partial charge in [-0.2, -0.15) is 5.10 Å². The number of nitrogens with zero attached hydrogens (tertiary/aromatic N) is 6. The Hall–Kier alpha value is -2.35. The maximum absolute atomic E-state index is 4.26. The average molecular weight is 287 g/mol. The zero-order chi connectivity index (χ0) is 13.8. The van der Waals surface area contributed by atoms with Gasteiger partial charge < -0.3 is 5.32 Å². The van der Waals surface area contributed by atoms with Crippen LogP contribution in [0.15, 0.2) is 37.1 Å². The summed E-state index contributed by atoms with van der Waals surface area (Å²) < 4.78 is 1.78. The van der Waals surface area contributed by atoms with Crippen LogP contribution in [0.25, 0.3) is 10.7 Å². The van der Waals surface area contributed by atoms with Gasteiger partial charge in [0.25, 0.3) is 0 Å². The molecule has 1 N–H and O–H groups in total. The molecule has 0 unspecified atom stereocenters. The third kappa shape index (κ3) is 2.97. The van der Waals surface area contributed by atoms with Gasteiger partial charge in [-0.25, -0.2) is 4.98 Å². The Kier molecular flexibility index (Phi) is 3.64. The molecule has 0 fully saturated rings. The lowest BCUT2D eigenvalue weighted by atomic mass is 10.3. The molecule has 0 amide bonds. The van der Waals surface area contributed by atoms with Crippen molar-refractivity contribution in [1.82, 2.24) is 29.9 Å². The lowest BCUT2D eigenvalue weighted by Gasteiger charge is -2.11. The topological polar surface area (TPSA) is 81.4 Å². The summed E-state index contributed by atoms with van der Waals surface area (Å²) in [7, 11) is 0. The third-order valence-corrected chi connectivity index (χ3v) is 3.48. The summed E-state index contributed by atoms with van der Waals surface area (Å²) in [4.78, 5) is 8.18. The number of nitrogens with one attached hydrogen (secondary N) is 1. The first-order valence-corrected chi connectivity index (χ1v) is 6.97. The molecule has 0 saturated heterocycles. The van der Waals surface area contributed by atoms with E-state index in [2.05, 4.69) is 37.5 Å². The highest BCUT2D eigenvalue weighted by atomic mass is 32.1. The molecule has 0 saturated carbocycles. The van der Waals surface area contributed by atoms with E-state index in [0.29, 0.717) is 0 Å². The first-order chi connectivity index (χ1) is 9.81. The van der Waals surface area contributed by atoms with Gasteiger partial charge in [-0.1, -0.05) is 17.4 Å². The van der Waals surface area contributed by atoms with Crippen molar-refractivity contribution in [3.63, 3.8) is 0 Å². The van der Waals surface area contributed by atoms with Crippen molar-refractivity contribution in [2.24, 2.45) is 0 Å². The highest BCUT2D eigenvalue weighted by Gasteiger charge is 2.10.